The minimum atomic E-state index is -0.793. The lowest BCUT2D eigenvalue weighted by Gasteiger charge is -2.27. The molecule has 0 saturated carbocycles. The van der Waals surface area contributed by atoms with Crippen molar-refractivity contribution in [1.29, 1.82) is 0 Å². The Labute approximate surface area is 115 Å². The molecule has 0 aliphatic carbocycles. The van der Waals surface area contributed by atoms with E-state index in [1.54, 1.807) is 4.68 Å². The van der Waals surface area contributed by atoms with Crippen LogP contribution in [0.3, 0.4) is 0 Å². The van der Waals surface area contributed by atoms with Crippen molar-refractivity contribution in [3.8, 4) is 11.4 Å². The lowest BCUT2D eigenvalue weighted by Crippen LogP contribution is -2.30. The summed E-state index contributed by atoms with van der Waals surface area (Å²) in [6, 6.07) is 1.97. The van der Waals surface area contributed by atoms with Gasteiger partial charge in [0.1, 0.15) is 11.6 Å². The molecule has 0 amide bonds. The highest BCUT2D eigenvalue weighted by Gasteiger charge is 2.28. The van der Waals surface area contributed by atoms with Crippen LogP contribution in [0.25, 0.3) is 11.4 Å². The van der Waals surface area contributed by atoms with E-state index in [9.17, 15) is 8.78 Å². The third-order valence-corrected chi connectivity index (χ3v) is 3.83. The third-order valence-electron chi connectivity index (χ3n) is 3.83. The Balaban J connectivity index is 2.61. The van der Waals surface area contributed by atoms with E-state index in [-0.39, 0.29) is 22.6 Å². The average molecular weight is 281 g/mol. The van der Waals surface area contributed by atoms with Gasteiger partial charge in [0, 0.05) is 6.07 Å². The molecule has 0 fully saturated rings. The number of nitrogens with zero attached hydrogens (tertiary/aromatic N) is 4. The molecule has 108 valence electrons. The first-order chi connectivity index (χ1) is 9.42. The fraction of sp³-hybridized carbons (Fsp3) is 0.462. The highest BCUT2D eigenvalue weighted by Crippen LogP contribution is 2.31. The van der Waals surface area contributed by atoms with Gasteiger partial charge < -0.3 is 5.73 Å². The number of tetrazole rings is 1. The van der Waals surface area contributed by atoms with Gasteiger partial charge in [0.2, 0.25) is 0 Å². The van der Waals surface area contributed by atoms with E-state index < -0.39 is 11.6 Å². The van der Waals surface area contributed by atoms with Gasteiger partial charge in [-0.2, -0.15) is 0 Å². The first kappa shape index (κ1) is 14.4. The molecule has 7 heteroatoms. The molecule has 0 bridgehead atoms. The fourth-order valence-electron chi connectivity index (χ4n) is 2.01. The van der Waals surface area contributed by atoms with Crippen LogP contribution in [0.1, 0.15) is 33.6 Å². The molecule has 2 aromatic rings. The summed E-state index contributed by atoms with van der Waals surface area (Å²) < 4.78 is 28.8. The molecule has 0 radical (unpaired) electrons. The lowest BCUT2D eigenvalue weighted by molar-refractivity contribution is 0.262. The molecular weight excluding hydrogens is 264 g/mol. The number of rotatable bonds is 4. The van der Waals surface area contributed by atoms with Crippen LogP contribution in [0.2, 0.25) is 0 Å². The molecule has 0 spiro atoms. The summed E-state index contributed by atoms with van der Waals surface area (Å²) in [5.74, 6) is -1.28. The van der Waals surface area contributed by atoms with E-state index in [1.165, 1.54) is 6.07 Å². The highest BCUT2D eigenvalue weighted by molar-refractivity contribution is 5.62. The van der Waals surface area contributed by atoms with Gasteiger partial charge in [0.15, 0.2) is 5.82 Å². The molecule has 20 heavy (non-hydrogen) atoms. The van der Waals surface area contributed by atoms with Crippen LogP contribution in [0.15, 0.2) is 12.1 Å². The molecule has 1 heterocycles. The van der Waals surface area contributed by atoms with Crippen LogP contribution in [-0.4, -0.2) is 20.2 Å². The number of hydrogen-bond acceptors (Lipinski definition) is 4. The maximum Gasteiger partial charge on any atom is 0.185 e. The average Bonchev–Trinajstić information content (AvgIpc) is 2.91. The van der Waals surface area contributed by atoms with Crippen LogP contribution >= 0.6 is 0 Å². The Hall–Kier alpha value is -2.05. The van der Waals surface area contributed by atoms with Crippen molar-refractivity contribution in [2.45, 2.75) is 39.2 Å². The quantitative estimate of drug-likeness (QED) is 0.875. The van der Waals surface area contributed by atoms with E-state index in [2.05, 4.69) is 15.5 Å². The summed E-state index contributed by atoms with van der Waals surface area (Å²) in [6.07, 6.45) is 1.56. The summed E-state index contributed by atoms with van der Waals surface area (Å²) >= 11 is 0. The van der Waals surface area contributed by atoms with Crippen molar-refractivity contribution in [2.75, 3.05) is 5.73 Å². The molecule has 2 N–H and O–H groups in total. The lowest BCUT2D eigenvalue weighted by atomic mass is 9.95. The number of anilines is 1. The zero-order chi connectivity index (χ0) is 14.9. The Morgan fingerprint density at radius 3 is 2.45 bits per heavy atom. The van der Waals surface area contributed by atoms with Gasteiger partial charge in [-0.3, -0.25) is 0 Å². The van der Waals surface area contributed by atoms with Gasteiger partial charge in [-0.1, -0.05) is 13.8 Å². The molecule has 0 aliphatic rings. The van der Waals surface area contributed by atoms with Crippen LogP contribution in [0.5, 0.6) is 0 Å². The Kier molecular flexibility index (Phi) is 3.69. The van der Waals surface area contributed by atoms with Crippen molar-refractivity contribution in [3.05, 3.63) is 23.8 Å². The van der Waals surface area contributed by atoms with Gasteiger partial charge >= 0.3 is 0 Å². The summed E-state index contributed by atoms with van der Waals surface area (Å²) in [4.78, 5) is 0. The number of nitrogens with two attached hydrogens (primary N) is 1. The van der Waals surface area contributed by atoms with Gasteiger partial charge in [0.25, 0.3) is 0 Å². The SMILES string of the molecule is CCC(C)(CC)n1nnnc1-c1cc(N)c(F)cc1F. The van der Waals surface area contributed by atoms with Crippen molar-refractivity contribution in [1.82, 2.24) is 20.2 Å². The van der Waals surface area contributed by atoms with Crippen molar-refractivity contribution < 1.29 is 8.78 Å². The topological polar surface area (TPSA) is 69.6 Å². The van der Waals surface area contributed by atoms with Gasteiger partial charge in [-0.05, 0) is 36.3 Å². The second-order valence-corrected chi connectivity index (χ2v) is 4.97. The van der Waals surface area contributed by atoms with Crippen LogP contribution in [-0.2, 0) is 5.54 Å². The standard InChI is InChI=1S/C13H17F2N5/c1-4-13(3,5-2)20-12(17-18-19-20)8-6-11(16)10(15)7-9(8)14/h6-7H,4-5,16H2,1-3H3. The van der Waals surface area contributed by atoms with Crippen molar-refractivity contribution in [2.24, 2.45) is 0 Å². The normalized spacial score (nSPS) is 11.8. The maximum absolute atomic E-state index is 14.0. The zero-order valence-corrected chi connectivity index (χ0v) is 11.7. The molecule has 0 aliphatic heterocycles. The summed E-state index contributed by atoms with van der Waals surface area (Å²) in [5.41, 5.74) is 5.13. The first-order valence-corrected chi connectivity index (χ1v) is 6.46. The van der Waals surface area contributed by atoms with E-state index in [0.717, 1.165) is 18.9 Å². The summed E-state index contributed by atoms with van der Waals surface area (Å²) in [5, 5.41) is 11.4. The first-order valence-electron chi connectivity index (χ1n) is 6.46. The maximum atomic E-state index is 14.0. The minimum absolute atomic E-state index is 0.0991. The second-order valence-electron chi connectivity index (χ2n) is 4.97. The zero-order valence-electron chi connectivity index (χ0n) is 11.7. The Morgan fingerprint density at radius 1 is 1.20 bits per heavy atom. The smallest absolute Gasteiger partial charge is 0.185 e. The van der Waals surface area contributed by atoms with Gasteiger partial charge in [-0.25, -0.2) is 13.5 Å². The molecule has 2 rings (SSSR count). The van der Waals surface area contributed by atoms with Crippen LogP contribution in [0.4, 0.5) is 14.5 Å². The van der Waals surface area contributed by atoms with Crippen molar-refractivity contribution in [3.63, 3.8) is 0 Å². The molecule has 5 nitrogen and oxygen atoms in total. The highest BCUT2D eigenvalue weighted by atomic mass is 19.1. The number of nitrogen functional groups attached to an aromatic ring is 1. The number of hydrogen-bond donors (Lipinski definition) is 1. The number of aromatic nitrogens is 4. The number of halogens is 2. The predicted octanol–water partition coefficient (Wildman–Crippen LogP) is 2.74. The fourth-order valence-corrected chi connectivity index (χ4v) is 2.01. The summed E-state index contributed by atoms with van der Waals surface area (Å²) in [7, 11) is 0. The van der Waals surface area contributed by atoms with E-state index >= 15 is 0 Å². The van der Waals surface area contributed by atoms with Crippen molar-refractivity contribution >= 4 is 5.69 Å². The minimum Gasteiger partial charge on any atom is -0.396 e. The van der Waals surface area contributed by atoms with Crippen LogP contribution in [0, 0.1) is 11.6 Å². The van der Waals surface area contributed by atoms with E-state index in [1.807, 2.05) is 20.8 Å². The Bertz CT molecular complexity index is 619. The largest absolute Gasteiger partial charge is 0.396 e. The molecule has 0 unspecified atom stereocenters. The molecule has 0 saturated heterocycles. The second kappa shape index (κ2) is 5.15. The molecule has 1 aromatic carbocycles. The van der Waals surface area contributed by atoms with E-state index in [4.69, 9.17) is 5.73 Å². The third kappa shape index (κ3) is 2.23. The molecule has 0 atom stereocenters. The molecule has 1 aromatic heterocycles. The Morgan fingerprint density at radius 2 is 1.85 bits per heavy atom. The van der Waals surface area contributed by atoms with Gasteiger partial charge in [0.05, 0.1) is 16.8 Å². The number of benzene rings is 1. The van der Waals surface area contributed by atoms with Crippen LogP contribution < -0.4 is 5.73 Å². The monoisotopic (exact) mass is 281 g/mol. The predicted molar refractivity (Wildman–Crippen MR) is 71.8 cm³/mol. The van der Waals surface area contributed by atoms with Gasteiger partial charge in [-0.15, -0.1) is 5.10 Å². The summed E-state index contributed by atoms with van der Waals surface area (Å²) in [6.45, 7) is 5.99. The van der Waals surface area contributed by atoms with E-state index in [0.29, 0.717) is 0 Å². The molecular formula is C13H17F2N5.